The van der Waals surface area contributed by atoms with Crippen LogP contribution in [-0.2, 0) is 10.0 Å². The summed E-state index contributed by atoms with van der Waals surface area (Å²) < 4.78 is 28.4. The molecule has 0 aromatic carbocycles. The molecule has 0 radical (unpaired) electrons. The number of sulfonamides is 1. The van der Waals surface area contributed by atoms with Crippen LogP contribution in [0.15, 0.2) is 22.8 Å². The summed E-state index contributed by atoms with van der Waals surface area (Å²) in [5, 5.41) is 0. The second-order valence-corrected chi connectivity index (χ2v) is 4.32. The molecule has 0 atom stereocenters. The SMILES string of the molecule is CCS(=O)(=O)NC(=O)c1ccco1. The summed E-state index contributed by atoms with van der Waals surface area (Å²) in [7, 11) is -3.50. The van der Waals surface area contributed by atoms with Crippen molar-refractivity contribution >= 4 is 15.9 Å². The monoisotopic (exact) mass is 203 g/mol. The number of amides is 1. The molecular weight excluding hydrogens is 194 g/mol. The third kappa shape index (κ3) is 2.59. The third-order valence-electron chi connectivity index (χ3n) is 1.37. The maximum atomic E-state index is 11.1. The Hall–Kier alpha value is -1.30. The van der Waals surface area contributed by atoms with Gasteiger partial charge in [0.25, 0.3) is 5.91 Å². The summed E-state index contributed by atoms with van der Waals surface area (Å²) in [6.07, 6.45) is 1.30. The Balaban J connectivity index is 2.73. The van der Waals surface area contributed by atoms with Crippen LogP contribution < -0.4 is 4.72 Å². The smallest absolute Gasteiger partial charge is 0.300 e. The Morgan fingerprint density at radius 2 is 2.31 bits per heavy atom. The van der Waals surface area contributed by atoms with Gasteiger partial charge in [-0.05, 0) is 19.1 Å². The zero-order valence-electron chi connectivity index (χ0n) is 6.98. The molecule has 72 valence electrons. The standard InChI is InChI=1S/C7H9NO4S/c1-2-13(10,11)8-7(9)6-4-3-5-12-6/h3-5H,2H2,1H3,(H,8,9). The summed E-state index contributed by atoms with van der Waals surface area (Å²) in [6.45, 7) is 1.44. The van der Waals surface area contributed by atoms with E-state index in [0.29, 0.717) is 0 Å². The molecule has 0 fully saturated rings. The summed E-state index contributed by atoms with van der Waals surface area (Å²) in [5.74, 6) is -0.900. The van der Waals surface area contributed by atoms with Crippen LogP contribution in [0.5, 0.6) is 0 Å². The highest BCUT2D eigenvalue weighted by atomic mass is 32.2. The van der Waals surface area contributed by atoms with E-state index in [4.69, 9.17) is 4.42 Å². The Bertz CT molecular complexity index is 379. The van der Waals surface area contributed by atoms with Crippen LogP contribution in [0.4, 0.5) is 0 Å². The molecule has 0 saturated carbocycles. The molecule has 0 saturated heterocycles. The van der Waals surface area contributed by atoms with E-state index in [1.54, 1.807) is 0 Å². The van der Waals surface area contributed by atoms with Gasteiger partial charge in [-0.3, -0.25) is 4.79 Å². The molecule has 0 unspecified atom stereocenters. The predicted molar refractivity (Wildman–Crippen MR) is 45.6 cm³/mol. The van der Waals surface area contributed by atoms with Crippen molar-refractivity contribution in [3.8, 4) is 0 Å². The minimum absolute atomic E-state index is 0.0166. The Labute approximate surface area is 75.8 Å². The van der Waals surface area contributed by atoms with E-state index in [1.807, 2.05) is 4.72 Å². The maximum Gasteiger partial charge on any atom is 0.300 e. The molecule has 0 aliphatic rings. The van der Waals surface area contributed by atoms with Crippen LogP contribution in [-0.4, -0.2) is 20.1 Å². The lowest BCUT2D eigenvalue weighted by atomic mass is 10.4. The second-order valence-electron chi connectivity index (χ2n) is 2.31. The average Bonchev–Trinajstić information content (AvgIpc) is 2.55. The van der Waals surface area contributed by atoms with Crippen LogP contribution in [0.2, 0.25) is 0 Å². The Kier molecular flexibility index (Phi) is 2.72. The zero-order chi connectivity index (χ0) is 9.90. The lowest BCUT2D eigenvalue weighted by Crippen LogP contribution is -2.31. The van der Waals surface area contributed by atoms with Gasteiger partial charge >= 0.3 is 0 Å². The minimum atomic E-state index is -3.50. The summed E-state index contributed by atoms with van der Waals surface area (Å²) in [5.41, 5.74) is 0. The highest BCUT2D eigenvalue weighted by molar-refractivity contribution is 7.90. The average molecular weight is 203 g/mol. The number of nitrogens with one attached hydrogen (secondary N) is 1. The summed E-state index contributed by atoms with van der Waals surface area (Å²) in [6, 6.07) is 2.90. The molecule has 1 amide bonds. The molecule has 1 heterocycles. The molecule has 1 aromatic heterocycles. The lowest BCUT2D eigenvalue weighted by molar-refractivity contribution is 0.0954. The number of hydrogen-bond donors (Lipinski definition) is 1. The summed E-state index contributed by atoms with van der Waals surface area (Å²) >= 11 is 0. The van der Waals surface area contributed by atoms with Gasteiger partial charge < -0.3 is 4.42 Å². The number of rotatable bonds is 3. The normalized spacial score (nSPS) is 11.2. The molecule has 1 rings (SSSR count). The van der Waals surface area contributed by atoms with E-state index in [0.717, 1.165) is 0 Å². The van der Waals surface area contributed by atoms with Crippen molar-refractivity contribution in [1.29, 1.82) is 0 Å². The van der Waals surface area contributed by atoms with E-state index in [9.17, 15) is 13.2 Å². The van der Waals surface area contributed by atoms with Crippen molar-refractivity contribution in [1.82, 2.24) is 4.72 Å². The van der Waals surface area contributed by atoms with Crippen LogP contribution >= 0.6 is 0 Å². The fraction of sp³-hybridized carbons (Fsp3) is 0.286. The van der Waals surface area contributed by atoms with Crippen molar-refractivity contribution in [3.63, 3.8) is 0 Å². The molecule has 0 bridgehead atoms. The van der Waals surface area contributed by atoms with Gasteiger partial charge in [-0.25, -0.2) is 13.1 Å². The maximum absolute atomic E-state index is 11.1. The van der Waals surface area contributed by atoms with Gasteiger partial charge in [0.2, 0.25) is 10.0 Å². The fourth-order valence-corrected chi connectivity index (χ4v) is 1.20. The number of furan rings is 1. The van der Waals surface area contributed by atoms with Crippen molar-refractivity contribution in [2.45, 2.75) is 6.92 Å². The van der Waals surface area contributed by atoms with Gasteiger partial charge in [0.15, 0.2) is 5.76 Å². The van der Waals surface area contributed by atoms with Gasteiger partial charge in [0.05, 0.1) is 12.0 Å². The zero-order valence-corrected chi connectivity index (χ0v) is 7.80. The van der Waals surface area contributed by atoms with Gasteiger partial charge in [0, 0.05) is 0 Å². The first-order valence-electron chi connectivity index (χ1n) is 3.63. The van der Waals surface area contributed by atoms with Crippen LogP contribution in [0.25, 0.3) is 0 Å². The number of carbonyl (C=O) groups excluding carboxylic acids is 1. The Morgan fingerprint density at radius 3 is 2.77 bits per heavy atom. The van der Waals surface area contributed by atoms with Crippen molar-refractivity contribution in [3.05, 3.63) is 24.2 Å². The van der Waals surface area contributed by atoms with Gasteiger partial charge in [0.1, 0.15) is 0 Å². The van der Waals surface area contributed by atoms with Crippen LogP contribution in [0.3, 0.4) is 0 Å². The molecule has 0 aliphatic carbocycles. The highest BCUT2D eigenvalue weighted by Gasteiger charge is 2.15. The van der Waals surface area contributed by atoms with Gasteiger partial charge in [-0.15, -0.1) is 0 Å². The van der Waals surface area contributed by atoms with Gasteiger partial charge in [-0.2, -0.15) is 0 Å². The summed E-state index contributed by atoms with van der Waals surface area (Å²) in [4.78, 5) is 11.1. The molecule has 13 heavy (non-hydrogen) atoms. The first kappa shape index (κ1) is 9.79. The van der Waals surface area contributed by atoms with Crippen molar-refractivity contribution in [2.75, 3.05) is 5.75 Å². The third-order valence-corrected chi connectivity index (χ3v) is 2.63. The topological polar surface area (TPSA) is 76.4 Å². The van der Waals surface area contributed by atoms with E-state index in [2.05, 4.69) is 0 Å². The lowest BCUT2D eigenvalue weighted by Gasteiger charge is -2.00. The van der Waals surface area contributed by atoms with E-state index < -0.39 is 15.9 Å². The first-order chi connectivity index (χ1) is 6.05. The fourth-order valence-electron chi connectivity index (χ4n) is 0.671. The van der Waals surface area contributed by atoms with Crippen LogP contribution in [0, 0.1) is 0 Å². The van der Waals surface area contributed by atoms with Gasteiger partial charge in [-0.1, -0.05) is 0 Å². The molecule has 5 nitrogen and oxygen atoms in total. The molecular formula is C7H9NO4S. The molecule has 0 spiro atoms. The largest absolute Gasteiger partial charge is 0.459 e. The van der Waals surface area contributed by atoms with E-state index in [1.165, 1.54) is 25.3 Å². The predicted octanol–water partition coefficient (Wildman–Crippen LogP) is 0.359. The van der Waals surface area contributed by atoms with Crippen molar-refractivity contribution in [2.24, 2.45) is 0 Å². The quantitative estimate of drug-likeness (QED) is 0.769. The van der Waals surface area contributed by atoms with Crippen LogP contribution in [0.1, 0.15) is 17.5 Å². The second kappa shape index (κ2) is 3.61. The van der Waals surface area contributed by atoms with E-state index >= 15 is 0 Å². The Morgan fingerprint density at radius 1 is 1.62 bits per heavy atom. The molecule has 6 heteroatoms. The molecule has 1 N–H and O–H groups in total. The number of hydrogen-bond acceptors (Lipinski definition) is 4. The molecule has 1 aromatic rings. The van der Waals surface area contributed by atoms with Crippen molar-refractivity contribution < 1.29 is 17.6 Å². The highest BCUT2D eigenvalue weighted by Crippen LogP contribution is 2.00. The first-order valence-corrected chi connectivity index (χ1v) is 5.28. The minimum Gasteiger partial charge on any atom is -0.459 e. The molecule has 0 aliphatic heterocycles. The number of carbonyl (C=O) groups is 1. The van der Waals surface area contributed by atoms with E-state index in [-0.39, 0.29) is 11.5 Å².